The minimum Gasteiger partial charge on any atom is -0.353 e. The molecule has 0 amide bonds. The lowest BCUT2D eigenvalue weighted by Crippen LogP contribution is -2.02. The summed E-state index contributed by atoms with van der Waals surface area (Å²) in [5.41, 5.74) is 0.568. The zero-order valence-electron chi connectivity index (χ0n) is 6.92. The van der Waals surface area contributed by atoms with Gasteiger partial charge in [0, 0.05) is 13.0 Å². The van der Waals surface area contributed by atoms with Crippen LogP contribution < -0.4 is 5.32 Å². The number of nitrogens with one attached hydrogen (secondary N) is 2. The Morgan fingerprint density at radius 1 is 1.75 bits per heavy atom. The van der Waals surface area contributed by atoms with Gasteiger partial charge in [0.15, 0.2) is 5.78 Å². The molecule has 12 heavy (non-hydrogen) atoms. The summed E-state index contributed by atoms with van der Waals surface area (Å²) >= 11 is 0. The van der Waals surface area contributed by atoms with Gasteiger partial charge in [0.1, 0.15) is 5.69 Å². The second-order valence-electron chi connectivity index (χ2n) is 3.12. The van der Waals surface area contributed by atoms with Gasteiger partial charge in [0.2, 0.25) is 5.95 Å². The van der Waals surface area contributed by atoms with Gasteiger partial charge in [-0.3, -0.25) is 4.79 Å². The molecule has 0 atom stereocenters. The third kappa shape index (κ3) is 1.47. The molecular formula is C8H11N3O. The van der Waals surface area contributed by atoms with Gasteiger partial charge in [0.25, 0.3) is 0 Å². The molecule has 1 heterocycles. The zero-order valence-corrected chi connectivity index (χ0v) is 6.92. The summed E-state index contributed by atoms with van der Waals surface area (Å²) in [5.74, 6) is 0.731. The molecule has 1 aliphatic carbocycles. The summed E-state index contributed by atoms with van der Waals surface area (Å²) in [6.07, 6.45) is 3.97. The van der Waals surface area contributed by atoms with Gasteiger partial charge in [-0.1, -0.05) is 0 Å². The molecule has 0 aliphatic heterocycles. The van der Waals surface area contributed by atoms with E-state index in [1.165, 1.54) is 19.8 Å². The first-order valence-electron chi connectivity index (χ1n) is 4.08. The molecule has 0 unspecified atom stereocenters. The number of imidazole rings is 1. The van der Waals surface area contributed by atoms with Crippen LogP contribution in [0.4, 0.5) is 5.95 Å². The largest absolute Gasteiger partial charge is 0.353 e. The van der Waals surface area contributed by atoms with E-state index in [4.69, 9.17) is 0 Å². The number of aromatic amines is 1. The van der Waals surface area contributed by atoms with Gasteiger partial charge in [-0.15, -0.1) is 0 Å². The van der Waals surface area contributed by atoms with E-state index < -0.39 is 0 Å². The summed E-state index contributed by atoms with van der Waals surface area (Å²) in [5, 5.41) is 3.17. The quantitative estimate of drug-likeness (QED) is 0.661. The Morgan fingerprint density at radius 2 is 2.50 bits per heavy atom. The monoisotopic (exact) mass is 165 g/mol. The Hall–Kier alpha value is -1.32. The number of carbonyl (C=O) groups excluding carboxylic acids is 1. The summed E-state index contributed by atoms with van der Waals surface area (Å²) < 4.78 is 0. The molecule has 1 aliphatic rings. The molecule has 0 aromatic carbocycles. The van der Waals surface area contributed by atoms with Crippen LogP contribution in [0.15, 0.2) is 6.20 Å². The average molecular weight is 165 g/mol. The third-order valence-corrected chi connectivity index (χ3v) is 1.87. The Bertz CT molecular complexity index is 301. The zero-order chi connectivity index (χ0) is 8.55. The first-order valence-corrected chi connectivity index (χ1v) is 4.08. The Kier molecular flexibility index (Phi) is 1.60. The van der Waals surface area contributed by atoms with Crippen molar-refractivity contribution in [3.63, 3.8) is 0 Å². The molecule has 1 aromatic heterocycles. The Labute approximate surface area is 70.4 Å². The second-order valence-corrected chi connectivity index (χ2v) is 3.12. The lowest BCUT2D eigenvalue weighted by Gasteiger charge is -1.96. The van der Waals surface area contributed by atoms with Gasteiger partial charge < -0.3 is 10.3 Å². The first-order chi connectivity index (χ1) is 5.75. The summed E-state index contributed by atoms with van der Waals surface area (Å²) in [6.45, 7) is 1.52. The van der Waals surface area contributed by atoms with Crippen LogP contribution in [0.1, 0.15) is 30.3 Å². The fraction of sp³-hybridized carbons (Fsp3) is 0.500. The number of nitrogens with zero attached hydrogens (tertiary/aromatic N) is 1. The number of hydrogen-bond acceptors (Lipinski definition) is 3. The molecule has 4 heteroatoms. The number of aromatic nitrogens is 2. The molecule has 1 fully saturated rings. The van der Waals surface area contributed by atoms with Crippen molar-refractivity contribution >= 4 is 11.7 Å². The van der Waals surface area contributed by atoms with Gasteiger partial charge in [-0.2, -0.15) is 0 Å². The first kappa shape index (κ1) is 7.34. The number of ketones is 1. The van der Waals surface area contributed by atoms with E-state index in [0.29, 0.717) is 17.7 Å². The van der Waals surface area contributed by atoms with Crippen molar-refractivity contribution in [2.45, 2.75) is 25.8 Å². The molecule has 1 saturated carbocycles. The van der Waals surface area contributed by atoms with Gasteiger partial charge in [-0.25, -0.2) is 4.98 Å². The highest BCUT2D eigenvalue weighted by molar-refractivity contribution is 5.92. The molecule has 0 radical (unpaired) electrons. The van der Waals surface area contributed by atoms with E-state index in [0.717, 1.165) is 0 Å². The minimum atomic E-state index is 0.0198. The molecular weight excluding hydrogens is 154 g/mol. The van der Waals surface area contributed by atoms with Crippen LogP contribution >= 0.6 is 0 Å². The van der Waals surface area contributed by atoms with E-state index in [-0.39, 0.29) is 5.78 Å². The lowest BCUT2D eigenvalue weighted by molar-refractivity contribution is 0.101. The van der Waals surface area contributed by atoms with Crippen LogP contribution in [0.25, 0.3) is 0 Å². The summed E-state index contributed by atoms with van der Waals surface area (Å²) in [6, 6.07) is 0.566. The van der Waals surface area contributed by atoms with Gasteiger partial charge in [-0.05, 0) is 12.8 Å². The van der Waals surface area contributed by atoms with E-state index in [1.807, 2.05) is 0 Å². The van der Waals surface area contributed by atoms with E-state index in [9.17, 15) is 4.79 Å². The van der Waals surface area contributed by atoms with Crippen molar-refractivity contribution in [3.8, 4) is 0 Å². The van der Waals surface area contributed by atoms with E-state index >= 15 is 0 Å². The Balaban J connectivity index is 2.06. The molecule has 2 rings (SSSR count). The highest BCUT2D eigenvalue weighted by Crippen LogP contribution is 2.22. The maximum Gasteiger partial charge on any atom is 0.200 e. The van der Waals surface area contributed by atoms with Crippen LogP contribution in [-0.4, -0.2) is 21.8 Å². The van der Waals surface area contributed by atoms with Crippen LogP contribution in [0.2, 0.25) is 0 Å². The molecule has 64 valence electrons. The predicted octanol–water partition coefficient (Wildman–Crippen LogP) is 1.19. The highest BCUT2D eigenvalue weighted by atomic mass is 16.1. The molecule has 0 spiro atoms. The SMILES string of the molecule is CC(=O)c1cnc(NC2CC2)[nH]1. The average Bonchev–Trinajstić information content (AvgIpc) is 2.66. The van der Waals surface area contributed by atoms with Crippen molar-refractivity contribution < 1.29 is 4.79 Å². The number of Topliss-reactive ketones (excluding diaryl/α,β-unsaturated/α-hetero) is 1. The Morgan fingerprint density at radius 3 is 3.00 bits per heavy atom. The molecule has 0 bridgehead atoms. The molecule has 1 aromatic rings. The smallest absolute Gasteiger partial charge is 0.200 e. The van der Waals surface area contributed by atoms with E-state index in [2.05, 4.69) is 15.3 Å². The topological polar surface area (TPSA) is 57.8 Å². The lowest BCUT2D eigenvalue weighted by atomic mass is 10.3. The molecule has 2 N–H and O–H groups in total. The summed E-state index contributed by atoms with van der Waals surface area (Å²) in [4.78, 5) is 17.8. The van der Waals surface area contributed by atoms with Crippen LogP contribution in [-0.2, 0) is 0 Å². The standard InChI is InChI=1S/C8H11N3O/c1-5(12)7-4-9-8(11-7)10-6-2-3-6/h4,6H,2-3H2,1H3,(H2,9,10,11). The van der Waals surface area contributed by atoms with Crippen molar-refractivity contribution in [1.29, 1.82) is 0 Å². The number of carbonyl (C=O) groups is 1. The normalized spacial score (nSPS) is 16.1. The fourth-order valence-corrected chi connectivity index (χ4v) is 0.994. The minimum absolute atomic E-state index is 0.0198. The van der Waals surface area contributed by atoms with Crippen LogP contribution in [0, 0.1) is 0 Å². The van der Waals surface area contributed by atoms with Crippen LogP contribution in [0.5, 0.6) is 0 Å². The van der Waals surface area contributed by atoms with Crippen molar-refractivity contribution in [2.24, 2.45) is 0 Å². The number of rotatable bonds is 3. The van der Waals surface area contributed by atoms with Crippen molar-refractivity contribution in [3.05, 3.63) is 11.9 Å². The molecule has 0 saturated heterocycles. The van der Waals surface area contributed by atoms with Crippen LogP contribution in [0.3, 0.4) is 0 Å². The number of hydrogen-bond donors (Lipinski definition) is 2. The van der Waals surface area contributed by atoms with Crippen molar-refractivity contribution in [2.75, 3.05) is 5.32 Å². The maximum absolute atomic E-state index is 10.9. The number of anilines is 1. The van der Waals surface area contributed by atoms with E-state index in [1.54, 1.807) is 6.20 Å². The number of H-pyrrole nitrogens is 1. The second kappa shape index (κ2) is 2.62. The summed E-state index contributed by atoms with van der Waals surface area (Å²) in [7, 11) is 0. The predicted molar refractivity (Wildman–Crippen MR) is 45.2 cm³/mol. The highest BCUT2D eigenvalue weighted by Gasteiger charge is 2.21. The van der Waals surface area contributed by atoms with Gasteiger partial charge >= 0.3 is 0 Å². The third-order valence-electron chi connectivity index (χ3n) is 1.87. The molecule has 4 nitrogen and oxygen atoms in total. The fourth-order valence-electron chi connectivity index (χ4n) is 0.994. The van der Waals surface area contributed by atoms with Crippen molar-refractivity contribution in [1.82, 2.24) is 9.97 Å². The van der Waals surface area contributed by atoms with Gasteiger partial charge in [0.05, 0.1) is 6.20 Å². The maximum atomic E-state index is 10.9.